The number of ether oxygens (including phenoxy) is 2. The van der Waals surface area contributed by atoms with E-state index in [1.165, 1.54) is 7.11 Å². The Hall–Kier alpha value is -4.19. The van der Waals surface area contributed by atoms with Crippen molar-refractivity contribution in [2.24, 2.45) is 0 Å². The quantitative estimate of drug-likeness (QED) is 0.118. The summed E-state index contributed by atoms with van der Waals surface area (Å²) < 4.78 is 43.1. The summed E-state index contributed by atoms with van der Waals surface area (Å²) in [5.74, 6) is 0.250. The summed E-state index contributed by atoms with van der Waals surface area (Å²) in [4.78, 5) is 14.2. The molecule has 5 aromatic rings. The van der Waals surface area contributed by atoms with Gasteiger partial charge in [0, 0.05) is 72.7 Å². The molecule has 0 saturated carbocycles. The summed E-state index contributed by atoms with van der Waals surface area (Å²) in [6, 6.07) is 33.3. The van der Waals surface area contributed by atoms with Crippen molar-refractivity contribution < 1.29 is 22.7 Å². The zero-order valence-electron chi connectivity index (χ0n) is 30.0. The van der Waals surface area contributed by atoms with Crippen molar-refractivity contribution in [2.45, 2.75) is 38.3 Å². The van der Waals surface area contributed by atoms with Crippen molar-refractivity contribution in [3.05, 3.63) is 136 Å². The first-order valence-electron chi connectivity index (χ1n) is 17.7. The SMILES string of the molecule is COC(=O)c1ccc(OCCc2c(CCNS(=O)(=O)CCN3CCNCC3(C)C)n(C(c3ccccc3)c3ccccc3)c3ccc(Cl)cc23)cc1. The Kier molecular flexibility index (Phi) is 12.0. The number of carbonyl (C=O) groups is 1. The van der Waals surface area contributed by atoms with E-state index in [9.17, 15) is 13.2 Å². The second-order valence-electron chi connectivity index (χ2n) is 13.7. The van der Waals surface area contributed by atoms with Gasteiger partial charge in [0.05, 0.1) is 31.1 Å². The third-order valence-corrected chi connectivity index (χ3v) is 11.5. The van der Waals surface area contributed by atoms with Crippen LogP contribution in [-0.2, 0) is 27.6 Å². The maximum absolute atomic E-state index is 13.4. The number of benzene rings is 4. The fraction of sp³-hybridized carbons (Fsp3) is 0.341. The zero-order chi connectivity index (χ0) is 36.7. The number of sulfonamides is 1. The molecule has 0 atom stereocenters. The van der Waals surface area contributed by atoms with Crippen LogP contribution in [0.15, 0.2) is 103 Å². The van der Waals surface area contributed by atoms with E-state index in [1.54, 1.807) is 24.3 Å². The molecule has 2 heterocycles. The van der Waals surface area contributed by atoms with Gasteiger partial charge in [0.15, 0.2) is 0 Å². The highest BCUT2D eigenvalue weighted by Gasteiger charge is 2.30. The molecule has 0 aliphatic carbocycles. The van der Waals surface area contributed by atoms with Crippen molar-refractivity contribution in [1.29, 1.82) is 0 Å². The maximum Gasteiger partial charge on any atom is 0.337 e. The number of fused-ring (bicyclic) bond motifs is 1. The van der Waals surface area contributed by atoms with Crippen LogP contribution in [0, 0.1) is 0 Å². The van der Waals surface area contributed by atoms with E-state index < -0.39 is 16.0 Å². The zero-order valence-corrected chi connectivity index (χ0v) is 31.6. The minimum Gasteiger partial charge on any atom is -0.493 e. The van der Waals surface area contributed by atoms with Crippen LogP contribution in [0.2, 0.25) is 5.02 Å². The molecule has 1 fully saturated rings. The summed E-state index contributed by atoms with van der Waals surface area (Å²) in [7, 11) is -2.20. The van der Waals surface area contributed by atoms with Gasteiger partial charge in [-0.1, -0.05) is 72.3 Å². The van der Waals surface area contributed by atoms with Gasteiger partial charge < -0.3 is 19.4 Å². The lowest BCUT2D eigenvalue weighted by Crippen LogP contribution is -2.58. The summed E-state index contributed by atoms with van der Waals surface area (Å²) in [5.41, 5.74) is 5.59. The van der Waals surface area contributed by atoms with Crippen LogP contribution < -0.4 is 14.8 Å². The molecule has 0 radical (unpaired) electrons. The smallest absolute Gasteiger partial charge is 0.337 e. The Balaban J connectivity index is 1.34. The predicted molar refractivity (Wildman–Crippen MR) is 208 cm³/mol. The molecule has 9 nitrogen and oxygen atoms in total. The van der Waals surface area contributed by atoms with Gasteiger partial charge in [-0.3, -0.25) is 4.90 Å². The molecule has 52 heavy (non-hydrogen) atoms. The van der Waals surface area contributed by atoms with Crippen molar-refractivity contribution in [1.82, 2.24) is 19.5 Å². The average Bonchev–Trinajstić information content (AvgIpc) is 3.43. The fourth-order valence-electron chi connectivity index (χ4n) is 7.15. The minimum absolute atomic E-state index is 0.0289. The minimum atomic E-state index is -3.55. The van der Waals surface area contributed by atoms with E-state index in [4.69, 9.17) is 21.1 Å². The van der Waals surface area contributed by atoms with Crippen molar-refractivity contribution in [3.8, 4) is 5.75 Å². The first-order chi connectivity index (χ1) is 25.1. The molecule has 1 aliphatic heterocycles. The molecule has 1 aliphatic rings. The summed E-state index contributed by atoms with van der Waals surface area (Å²) in [6.07, 6.45) is 0.989. The van der Waals surface area contributed by atoms with Gasteiger partial charge in [0.25, 0.3) is 0 Å². The van der Waals surface area contributed by atoms with Crippen LogP contribution in [0.25, 0.3) is 10.9 Å². The summed E-state index contributed by atoms with van der Waals surface area (Å²) in [6.45, 7) is 7.82. The van der Waals surface area contributed by atoms with Crippen molar-refractivity contribution >= 4 is 38.5 Å². The molecule has 11 heteroatoms. The number of rotatable bonds is 15. The lowest BCUT2D eigenvalue weighted by molar-refractivity contribution is 0.0600. The Morgan fingerprint density at radius 2 is 1.62 bits per heavy atom. The maximum atomic E-state index is 13.4. The molecule has 6 rings (SSSR count). The molecular formula is C41H47ClN4O5S. The Morgan fingerprint density at radius 1 is 0.942 bits per heavy atom. The van der Waals surface area contributed by atoms with E-state index >= 15 is 0 Å². The van der Waals surface area contributed by atoms with Gasteiger partial charge in [-0.2, -0.15) is 0 Å². The molecule has 274 valence electrons. The first-order valence-corrected chi connectivity index (χ1v) is 19.7. The fourth-order valence-corrected chi connectivity index (χ4v) is 8.34. The monoisotopic (exact) mass is 742 g/mol. The highest BCUT2D eigenvalue weighted by Crippen LogP contribution is 2.38. The van der Waals surface area contributed by atoms with E-state index in [-0.39, 0.29) is 23.9 Å². The second-order valence-corrected chi connectivity index (χ2v) is 16.1. The van der Waals surface area contributed by atoms with Crippen LogP contribution in [0.5, 0.6) is 5.75 Å². The van der Waals surface area contributed by atoms with Gasteiger partial charge >= 0.3 is 5.97 Å². The normalized spacial score (nSPS) is 14.9. The Morgan fingerprint density at radius 3 is 2.25 bits per heavy atom. The molecule has 0 spiro atoms. The number of aromatic nitrogens is 1. The number of piperazine rings is 1. The lowest BCUT2D eigenvalue weighted by Gasteiger charge is -2.42. The molecule has 4 aromatic carbocycles. The largest absolute Gasteiger partial charge is 0.493 e. The van der Waals surface area contributed by atoms with E-state index in [0.29, 0.717) is 42.3 Å². The number of nitrogens with one attached hydrogen (secondary N) is 2. The van der Waals surface area contributed by atoms with Crippen molar-refractivity contribution in [3.63, 3.8) is 0 Å². The molecule has 0 amide bonds. The number of nitrogens with zero attached hydrogens (tertiary/aromatic N) is 2. The molecule has 0 bridgehead atoms. The second kappa shape index (κ2) is 16.7. The number of esters is 1. The summed E-state index contributed by atoms with van der Waals surface area (Å²) in [5, 5.41) is 5.01. The molecular weight excluding hydrogens is 696 g/mol. The lowest BCUT2D eigenvalue weighted by atomic mass is 9.97. The number of hydrogen-bond donors (Lipinski definition) is 2. The molecule has 1 saturated heterocycles. The van der Waals surface area contributed by atoms with E-state index in [2.05, 4.69) is 63.7 Å². The number of methoxy groups -OCH3 is 1. The van der Waals surface area contributed by atoms with E-state index in [1.807, 2.05) is 48.5 Å². The van der Waals surface area contributed by atoms with Gasteiger partial charge in [0.1, 0.15) is 5.75 Å². The predicted octanol–water partition coefficient (Wildman–Crippen LogP) is 6.49. The molecule has 1 aromatic heterocycles. The van der Waals surface area contributed by atoms with Crippen LogP contribution in [0.3, 0.4) is 0 Å². The van der Waals surface area contributed by atoms with Gasteiger partial charge in [0.2, 0.25) is 10.0 Å². The van der Waals surface area contributed by atoms with Crippen LogP contribution in [0.1, 0.15) is 52.6 Å². The Bertz CT molecular complexity index is 2030. The van der Waals surface area contributed by atoms with Gasteiger partial charge in [-0.15, -0.1) is 0 Å². The van der Waals surface area contributed by atoms with Crippen LogP contribution >= 0.6 is 11.6 Å². The highest BCUT2D eigenvalue weighted by atomic mass is 35.5. The topological polar surface area (TPSA) is 102 Å². The number of halogens is 1. The molecule has 2 N–H and O–H groups in total. The van der Waals surface area contributed by atoms with Gasteiger partial charge in [-0.05, 0) is 73.0 Å². The third-order valence-electron chi connectivity index (χ3n) is 9.85. The van der Waals surface area contributed by atoms with E-state index in [0.717, 1.165) is 52.9 Å². The van der Waals surface area contributed by atoms with Crippen LogP contribution in [-0.4, -0.2) is 81.6 Å². The van der Waals surface area contributed by atoms with Crippen LogP contribution in [0.4, 0.5) is 0 Å². The number of hydrogen-bond acceptors (Lipinski definition) is 7. The average molecular weight is 743 g/mol. The molecule has 0 unspecified atom stereocenters. The van der Waals surface area contributed by atoms with Crippen molar-refractivity contribution in [2.75, 3.05) is 52.2 Å². The summed E-state index contributed by atoms with van der Waals surface area (Å²) >= 11 is 6.65. The highest BCUT2D eigenvalue weighted by molar-refractivity contribution is 7.89. The third kappa shape index (κ3) is 8.87. The standard InChI is InChI=1S/C41H47ClN4O5S/c1-41(2)29-43-23-24-45(41)25-27-52(48,49)44-22-20-38-35(21-26-51-34-17-14-32(15-18-34)40(47)50-3)36-28-33(42)16-19-37(36)46(38)39(30-10-6-4-7-11-30)31-12-8-5-9-13-31/h4-19,28,39,43-44H,20-27,29H2,1-3H3. The Labute approximate surface area is 311 Å². The van der Waals surface area contributed by atoms with Gasteiger partial charge in [-0.25, -0.2) is 17.9 Å². The first kappa shape index (κ1) is 37.6. The number of carbonyl (C=O) groups excluding carboxylic acids is 1.